The molecule has 0 saturated heterocycles. The number of hydrogen-bond donors (Lipinski definition) is 4. The summed E-state index contributed by atoms with van der Waals surface area (Å²) in [6, 6.07) is 0. The second kappa shape index (κ2) is 7.74. The van der Waals surface area contributed by atoms with Crippen molar-refractivity contribution in [2.24, 2.45) is 10.8 Å². The SMILES string of the molecule is O=C(O)C1(CCCCC(CCCC2(C(=O)O)CC2)OP(=O)(O)O)CC1. The minimum atomic E-state index is -4.60. The predicted octanol–water partition coefficient (Wildman–Crippen LogP) is 2.92. The van der Waals surface area contributed by atoms with E-state index in [0.29, 0.717) is 70.6 Å². The molecule has 9 heteroatoms. The minimum absolute atomic E-state index is 0.393. The second-order valence-electron chi connectivity index (χ2n) is 7.53. The van der Waals surface area contributed by atoms with Crippen LogP contribution in [0, 0.1) is 10.8 Å². The van der Waals surface area contributed by atoms with Crippen molar-refractivity contribution >= 4 is 19.8 Å². The third kappa shape index (κ3) is 6.06. The standard InChI is InChI=1S/C16H27O8P/c17-13(18)15(8-9-15)6-2-1-4-12(24-25(21,22)23)5-3-7-16(10-11-16)14(19)20/h12H,1-11H2,(H,17,18)(H,19,20)(H2,21,22,23). The van der Waals surface area contributed by atoms with Crippen LogP contribution >= 0.6 is 7.82 Å². The fourth-order valence-corrected chi connectivity index (χ4v) is 3.99. The lowest BCUT2D eigenvalue weighted by Gasteiger charge is -2.19. The van der Waals surface area contributed by atoms with Crippen molar-refractivity contribution in [1.29, 1.82) is 0 Å². The van der Waals surface area contributed by atoms with Crippen molar-refractivity contribution in [3.05, 3.63) is 0 Å². The van der Waals surface area contributed by atoms with Crippen LogP contribution in [0.3, 0.4) is 0 Å². The van der Waals surface area contributed by atoms with Crippen LogP contribution in [0.5, 0.6) is 0 Å². The molecule has 0 aliphatic heterocycles. The molecule has 2 rings (SSSR count). The van der Waals surface area contributed by atoms with E-state index in [1.54, 1.807) is 0 Å². The van der Waals surface area contributed by atoms with Gasteiger partial charge in [0, 0.05) is 0 Å². The Labute approximate surface area is 146 Å². The number of aliphatic carboxylic acids is 2. The summed E-state index contributed by atoms with van der Waals surface area (Å²) in [7, 11) is -4.60. The van der Waals surface area contributed by atoms with Crippen LogP contribution in [0.2, 0.25) is 0 Å². The van der Waals surface area contributed by atoms with Gasteiger partial charge in [-0.25, -0.2) is 4.57 Å². The van der Waals surface area contributed by atoms with E-state index >= 15 is 0 Å². The quantitative estimate of drug-likeness (QED) is 0.283. The van der Waals surface area contributed by atoms with Gasteiger partial charge < -0.3 is 20.0 Å². The summed E-state index contributed by atoms with van der Waals surface area (Å²) >= 11 is 0. The summed E-state index contributed by atoms with van der Waals surface area (Å²) in [5.41, 5.74) is -1.23. The van der Waals surface area contributed by atoms with E-state index in [0.717, 1.165) is 0 Å². The molecule has 2 aliphatic carbocycles. The molecular formula is C16H27O8P. The molecule has 0 aromatic heterocycles. The topological polar surface area (TPSA) is 141 Å². The monoisotopic (exact) mass is 378 g/mol. The number of unbranched alkanes of at least 4 members (excludes halogenated alkanes) is 1. The summed E-state index contributed by atoms with van der Waals surface area (Å²) in [6.45, 7) is 0. The molecule has 2 fully saturated rings. The van der Waals surface area contributed by atoms with Gasteiger partial charge in [-0.1, -0.05) is 12.8 Å². The van der Waals surface area contributed by atoms with Crippen molar-refractivity contribution < 1.29 is 38.7 Å². The van der Waals surface area contributed by atoms with E-state index in [9.17, 15) is 14.2 Å². The van der Waals surface area contributed by atoms with Crippen LogP contribution in [-0.4, -0.2) is 38.0 Å². The Morgan fingerprint density at radius 3 is 1.72 bits per heavy atom. The van der Waals surface area contributed by atoms with Crippen LogP contribution < -0.4 is 0 Å². The van der Waals surface area contributed by atoms with Crippen LogP contribution in [0.15, 0.2) is 0 Å². The highest BCUT2D eigenvalue weighted by molar-refractivity contribution is 7.46. The summed E-state index contributed by atoms with van der Waals surface area (Å²) in [5.74, 6) is -1.57. The van der Waals surface area contributed by atoms with Gasteiger partial charge >= 0.3 is 19.8 Å². The first kappa shape index (κ1) is 20.4. The third-order valence-corrected chi connectivity index (χ3v) is 6.09. The van der Waals surface area contributed by atoms with Gasteiger partial charge in [0.1, 0.15) is 0 Å². The van der Waals surface area contributed by atoms with Gasteiger partial charge in [0.2, 0.25) is 0 Å². The molecule has 4 N–H and O–H groups in total. The summed E-state index contributed by atoms with van der Waals surface area (Å²) in [5, 5.41) is 18.3. The fraction of sp³-hybridized carbons (Fsp3) is 0.875. The summed E-state index contributed by atoms with van der Waals surface area (Å²) < 4.78 is 15.9. The molecule has 25 heavy (non-hydrogen) atoms. The van der Waals surface area contributed by atoms with Gasteiger partial charge in [-0.3, -0.25) is 14.1 Å². The molecule has 0 aromatic carbocycles. The fourth-order valence-electron chi connectivity index (χ4n) is 3.39. The normalized spacial score (nSPS) is 21.5. The van der Waals surface area contributed by atoms with Crippen molar-refractivity contribution in [3.8, 4) is 0 Å². The first-order valence-electron chi connectivity index (χ1n) is 8.79. The molecule has 2 aliphatic rings. The Hall–Kier alpha value is -0.950. The smallest absolute Gasteiger partial charge is 0.469 e. The lowest BCUT2D eigenvalue weighted by atomic mass is 9.95. The number of rotatable bonds is 13. The molecule has 8 nitrogen and oxygen atoms in total. The van der Waals surface area contributed by atoms with Crippen molar-refractivity contribution in [1.82, 2.24) is 0 Å². The Morgan fingerprint density at radius 2 is 1.32 bits per heavy atom. The van der Waals surface area contributed by atoms with Crippen molar-refractivity contribution in [2.45, 2.75) is 76.7 Å². The zero-order valence-electron chi connectivity index (χ0n) is 14.2. The number of hydrogen-bond acceptors (Lipinski definition) is 4. The Bertz CT molecular complexity index is 546. The molecule has 0 heterocycles. The minimum Gasteiger partial charge on any atom is -0.481 e. The van der Waals surface area contributed by atoms with E-state index in [1.807, 2.05) is 0 Å². The maximum atomic E-state index is 11.2. The van der Waals surface area contributed by atoms with E-state index in [-0.39, 0.29) is 0 Å². The van der Waals surface area contributed by atoms with Crippen molar-refractivity contribution in [2.75, 3.05) is 0 Å². The van der Waals surface area contributed by atoms with Gasteiger partial charge in [0.15, 0.2) is 0 Å². The highest BCUT2D eigenvalue weighted by Crippen LogP contribution is 2.51. The van der Waals surface area contributed by atoms with E-state index < -0.39 is 36.7 Å². The van der Waals surface area contributed by atoms with E-state index in [4.69, 9.17) is 24.5 Å². The molecule has 0 spiro atoms. The predicted molar refractivity (Wildman–Crippen MR) is 87.8 cm³/mol. The van der Waals surface area contributed by atoms with E-state index in [1.165, 1.54) is 0 Å². The van der Waals surface area contributed by atoms with Gasteiger partial charge in [-0.2, -0.15) is 0 Å². The van der Waals surface area contributed by atoms with Crippen LogP contribution in [0.25, 0.3) is 0 Å². The first-order chi connectivity index (χ1) is 11.6. The highest BCUT2D eigenvalue weighted by Gasteiger charge is 2.50. The lowest BCUT2D eigenvalue weighted by Crippen LogP contribution is -2.17. The van der Waals surface area contributed by atoms with Gasteiger partial charge in [-0.05, 0) is 57.8 Å². The summed E-state index contributed by atoms with van der Waals surface area (Å²) in [6.07, 6.45) is 5.80. The molecule has 2 saturated carbocycles. The molecular weight excluding hydrogens is 351 g/mol. The Kier molecular flexibility index (Phi) is 6.30. The van der Waals surface area contributed by atoms with Crippen LogP contribution in [-0.2, 0) is 18.7 Å². The average Bonchev–Trinajstić information content (AvgIpc) is 3.36. The Balaban J connectivity index is 1.73. The zero-order valence-corrected chi connectivity index (χ0v) is 15.1. The molecule has 1 unspecified atom stereocenters. The molecule has 0 radical (unpaired) electrons. The number of phosphoric ester groups is 1. The molecule has 1 atom stereocenters. The van der Waals surface area contributed by atoms with E-state index in [2.05, 4.69) is 0 Å². The molecule has 0 aromatic rings. The number of carboxylic acid groups (broad SMARTS) is 2. The second-order valence-corrected chi connectivity index (χ2v) is 8.72. The molecule has 0 amide bonds. The van der Waals surface area contributed by atoms with Gasteiger partial charge in [0.05, 0.1) is 16.9 Å². The third-order valence-electron chi connectivity index (χ3n) is 5.51. The first-order valence-corrected chi connectivity index (χ1v) is 10.3. The average molecular weight is 378 g/mol. The number of carboxylic acids is 2. The maximum Gasteiger partial charge on any atom is 0.469 e. The van der Waals surface area contributed by atoms with Gasteiger partial charge in [-0.15, -0.1) is 0 Å². The van der Waals surface area contributed by atoms with Crippen LogP contribution in [0.4, 0.5) is 0 Å². The maximum absolute atomic E-state index is 11.2. The van der Waals surface area contributed by atoms with Crippen LogP contribution in [0.1, 0.15) is 70.6 Å². The number of carbonyl (C=O) groups is 2. The highest BCUT2D eigenvalue weighted by atomic mass is 31.2. The summed E-state index contributed by atoms with van der Waals surface area (Å²) in [4.78, 5) is 40.3. The number of phosphoric acid groups is 1. The zero-order chi connectivity index (χ0) is 18.7. The molecule has 0 bridgehead atoms. The molecule has 144 valence electrons. The Morgan fingerprint density at radius 1 is 0.880 bits per heavy atom. The largest absolute Gasteiger partial charge is 0.481 e. The van der Waals surface area contributed by atoms with Crippen molar-refractivity contribution in [3.63, 3.8) is 0 Å². The van der Waals surface area contributed by atoms with Gasteiger partial charge in [0.25, 0.3) is 0 Å². The lowest BCUT2D eigenvalue weighted by molar-refractivity contribution is -0.144.